The summed E-state index contributed by atoms with van der Waals surface area (Å²) in [6.45, 7) is 1.97. The van der Waals surface area contributed by atoms with Crippen molar-refractivity contribution in [2.24, 2.45) is 11.8 Å². The van der Waals surface area contributed by atoms with E-state index in [1.165, 1.54) is 35.4 Å². The maximum Gasteiger partial charge on any atom is 0.338 e. The Kier molecular flexibility index (Phi) is 10.8. The third kappa shape index (κ3) is 8.78. The minimum Gasteiger partial charge on any atom is -0.452 e. The van der Waals surface area contributed by atoms with Crippen molar-refractivity contribution in [3.8, 4) is 0 Å². The van der Waals surface area contributed by atoms with Gasteiger partial charge in [-0.05, 0) is 85.8 Å². The van der Waals surface area contributed by atoms with Gasteiger partial charge in [0.1, 0.15) is 0 Å². The summed E-state index contributed by atoms with van der Waals surface area (Å²) in [5.41, 5.74) is 3.07. The van der Waals surface area contributed by atoms with Gasteiger partial charge < -0.3 is 19.3 Å². The van der Waals surface area contributed by atoms with E-state index in [0.717, 1.165) is 38.5 Å². The minimum absolute atomic E-state index is 0.207. The zero-order valence-corrected chi connectivity index (χ0v) is 25.1. The Morgan fingerprint density at radius 1 is 0.523 bits per heavy atom. The quantitative estimate of drug-likeness (QED) is 0.307. The van der Waals surface area contributed by atoms with Crippen molar-refractivity contribution in [3.63, 3.8) is 0 Å². The molecule has 0 N–H and O–H groups in total. The van der Waals surface area contributed by atoms with Crippen LogP contribution in [0.2, 0.25) is 0 Å². The highest BCUT2D eigenvalue weighted by Crippen LogP contribution is 2.23. The highest BCUT2D eigenvalue weighted by Gasteiger charge is 2.25. The lowest BCUT2D eigenvalue weighted by Gasteiger charge is -2.32. The summed E-state index contributed by atoms with van der Waals surface area (Å²) >= 11 is 0. The molecule has 2 saturated heterocycles. The lowest BCUT2D eigenvalue weighted by atomic mass is 9.90. The van der Waals surface area contributed by atoms with Gasteiger partial charge in [-0.3, -0.25) is 9.59 Å². The molecular weight excluding hydrogens is 556 g/mol. The molecule has 0 bridgehead atoms. The zero-order valence-electron chi connectivity index (χ0n) is 25.1. The summed E-state index contributed by atoms with van der Waals surface area (Å²) < 4.78 is 10.5. The Hall–Kier alpha value is -4.46. The number of rotatable bonds is 10. The van der Waals surface area contributed by atoms with E-state index in [0.29, 0.717) is 38.0 Å². The second-order valence-corrected chi connectivity index (χ2v) is 11.8. The summed E-state index contributed by atoms with van der Waals surface area (Å²) in [5.74, 6) is -0.611. The van der Waals surface area contributed by atoms with Gasteiger partial charge in [-0.25, -0.2) is 9.59 Å². The Morgan fingerprint density at radius 3 is 1.20 bits per heavy atom. The maximum absolute atomic E-state index is 12.6. The van der Waals surface area contributed by atoms with E-state index >= 15 is 0 Å². The fourth-order valence-corrected chi connectivity index (χ4v) is 6.01. The number of hydrogen-bond acceptors (Lipinski definition) is 6. The standard InChI is InChI=1S/C36H40N2O6/c39-33(37-19-15-29(16-20-37)23-27-7-3-1-4-8-27)25-43-35(41)31-11-13-32(14-12-31)36(42)44-26-34(40)38-21-17-30(18-22-38)24-28-9-5-2-6-10-28/h1-14,29-30H,15-26H2. The summed E-state index contributed by atoms with van der Waals surface area (Å²) in [6.07, 6.45) is 5.70. The Morgan fingerprint density at radius 2 is 0.864 bits per heavy atom. The van der Waals surface area contributed by atoms with Crippen LogP contribution in [0.15, 0.2) is 84.9 Å². The Labute approximate surface area is 258 Å². The number of benzene rings is 3. The third-order valence-corrected chi connectivity index (χ3v) is 8.68. The van der Waals surface area contributed by atoms with Crippen LogP contribution in [0.1, 0.15) is 57.5 Å². The van der Waals surface area contributed by atoms with Gasteiger partial charge in [0.15, 0.2) is 13.2 Å². The molecule has 8 nitrogen and oxygen atoms in total. The van der Waals surface area contributed by atoms with Crippen LogP contribution in [0.4, 0.5) is 0 Å². The van der Waals surface area contributed by atoms with E-state index in [4.69, 9.17) is 9.47 Å². The van der Waals surface area contributed by atoms with Crippen molar-refractivity contribution in [1.82, 2.24) is 9.80 Å². The SMILES string of the molecule is O=C(OCC(=O)N1CCC(Cc2ccccc2)CC1)c1ccc(C(=O)OCC(=O)N2CCC(Cc3ccccc3)CC2)cc1. The van der Waals surface area contributed by atoms with E-state index in [-0.39, 0.29) is 36.2 Å². The van der Waals surface area contributed by atoms with Crippen LogP contribution in [0.5, 0.6) is 0 Å². The molecule has 230 valence electrons. The van der Waals surface area contributed by atoms with Gasteiger partial charge >= 0.3 is 11.9 Å². The fraction of sp³-hybridized carbons (Fsp3) is 0.389. The normalized spacial score (nSPS) is 15.9. The van der Waals surface area contributed by atoms with Crippen LogP contribution in [0, 0.1) is 11.8 Å². The first-order valence-corrected chi connectivity index (χ1v) is 15.5. The molecule has 44 heavy (non-hydrogen) atoms. The first-order valence-electron chi connectivity index (χ1n) is 15.5. The summed E-state index contributed by atoms with van der Waals surface area (Å²) in [6, 6.07) is 26.5. The molecule has 0 aliphatic carbocycles. The van der Waals surface area contributed by atoms with Gasteiger partial charge in [0.05, 0.1) is 11.1 Å². The number of piperidine rings is 2. The van der Waals surface area contributed by atoms with Crippen molar-refractivity contribution >= 4 is 23.8 Å². The predicted molar refractivity (Wildman–Crippen MR) is 166 cm³/mol. The van der Waals surface area contributed by atoms with E-state index in [1.54, 1.807) is 9.80 Å². The summed E-state index contributed by atoms with van der Waals surface area (Å²) in [5, 5.41) is 0. The van der Waals surface area contributed by atoms with Crippen molar-refractivity contribution in [2.75, 3.05) is 39.4 Å². The topological polar surface area (TPSA) is 93.2 Å². The number of ether oxygens (including phenoxy) is 2. The molecule has 3 aromatic rings. The molecule has 0 radical (unpaired) electrons. The molecule has 8 heteroatoms. The predicted octanol–water partition coefficient (Wildman–Crippen LogP) is 4.96. The molecule has 3 aromatic carbocycles. The second kappa shape index (κ2) is 15.3. The molecule has 0 atom stereocenters. The molecule has 2 amide bonds. The highest BCUT2D eigenvalue weighted by molar-refractivity contribution is 5.95. The van der Waals surface area contributed by atoms with Gasteiger partial charge in [0, 0.05) is 26.2 Å². The van der Waals surface area contributed by atoms with Crippen LogP contribution in [-0.4, -0.2) is 72.9 Å². The first kappa shape index (κ1) is 31.0. The molecule has 0 aromatic heterocycles. The highest BCUT2D eigenvalue weighted by atomic mass is 16.5. The van der Waals surface area contributed by atoms with Crippen LogP contribution in [0.3, 0.4) is 0 Å². The van der Waals surface area contributed by atoms with E-state index in [9.17, 15) is 19.2 Å². The van der Waals surface area contributed by atoms with Gasteiger partial charge in [-0.1, -0.05) is 60.7 Å². The number of amides is 2. The zero-order chi connectivity index (χ0) is 30.7. The lowest BCUT2D eigenvalue weighted by molar-refractivity contribution is -0.136. The van der Waals surface area contributed by atoms with Gasteiger partial charge in [-0.15, -0.1) is 0 Å². The molecule has 0 spiro atoms. The molecular formula is C36H40N2O6. The molecule has 2 aliphatic rings. The van der Waals surface area contributed by atoms with Crippen molar-refractivity contribution in [3.05, 3.63) is 107 Å². The van der Waals surface area contributed by atoms with Crippen LogP contribution >= 0.6 is 0 Å². The Balaban J connectivity index is 0.986. The molecule has 0 saturated carbocycles. The summed E-state index contributed by atoms with van der Waals surface area (Å²) in [4.78, 5) is 53.8. The van der Waals surface area contributed by atoms with Crippen LogP contribution in [0.25, 0.3) is 0 Å². The monoisotopic (exact) mass is 596 g/mol. The van der Waals surface area contributed by atoms with Crippen LogP contribution < -0.4 is 0 Å². The Bertz CT molecular complexity index is 1290. The van der Waals surface area contributed by atoms with Crippen LogP contribution in [-0.2, 0) is 31.9 Å². The minimum atomic E-state index is -0.636. The fourth-order valence-electron chi connectivity index (χ4n) is 6.01. The van der Waals surface area contributed by atoms with Crippen molar-refractivity contribution < 1.29 is 28.7 Å². The smallest absolute Gasteiger partial charge is 0.338 e. The number of esters is 2. The van der Waals surface area contributed by atoms with E-state index in [1.807, 2.05) is 36.4 Å². The second-order valence-electron chi connectivity index (χ2n) is 11.8. The lowest BCUT2D eigenvalue weighted by Crippen LogP contribution is -2.41. The average molecular weight is 597 g/mol. The number of carbonyl (C=O) groups excluding carboxylic acids is 4. The van der Waals surface area contributed by atoms with Gasteiger partial charge in [0.25, 0.3) is 11.8 Å². The first-order chi connectivity index (χ1) is 21.4. The number of carbonyl (C=O) groups is 4. The van der Waals surface area contributed by atoms with Crippen molar-refractivity contribution in [2.45, 2.75) is 38.5 Å². The van der Waals surface area contributed by atoms with Gasteiger partial charge in [0.2, 0.25) is 0 Å². The maximum atomic E-state index is 12.6. The van der Waals surface area contributed by atoms with Crippen molar-refractivity contribution in [1.29, 1.82) is 0 Å². The average Bonchev–Trinajstić information content (AvgIpc) is 3.07. The number of likely N-dealkylation sites (tertiary alicyclic amines) is 2. The largest absolute Gasteiger partial charge is 0.452 e. The third-order valence-electron chi connectivity index (χ3n) is 8.68. The molecule has 0 unspecified atom stereocenters. The summed E-state index contributed by atoms with van der Waals surface area (Å²) in [7, 11) is 0. The van der Waals surface area contributed by atoms with E-state index in [2.05, 4.69) is 24.3 Å². The van der Waals surface area contributed by atoms with E-state index < -0.39 is 11.9 Å². The number of hydrogen-bond donors (Lipinski definition) is 0. The number of nitrogens with zero attached hydrogens (tertiary/aromatic N) is 2. The molecule has 2 heterocycles. The molecule has 2 fully saturated rings. The molecule has 5 rings (SSSR count). The molecule has 2 aliphatic heterocycles. The van der Waals surface area contributed by atoms with Gasteiger partial charge in [-0.2, -0.15) is 0 Å².